The fourth-order valence-corrected chi connectivity index (χ4v) is 2.37. The smallest absolute Gasteiger partial charge is 0.306 e. The zero-order valence-corrected chi connectivity index (χ0v) is 10.5. The molecule has 1 amide bonds. The van der Waals surface area contributed by atoms with E-state index in [0.29, 0.717) is 25.1 Å². The first-order chi connectivity index (χ1) is 8.49. The molecule has 1 N–H and O–H groups in total. The molecule has 0 spiro atoms. The largest absolute Gasteiger partial charge is 0.481 e. The summed E-state index contributed by atoms with van der Waals surface area (Å²) in [6.45, 7) is 2.36. The zero-order valence-electron chi connectivity index (χ0n) is 10.5. The molecule has 2 rings (SSSR count). The van der Waals surface area contributed by atoms with Crippen molar-refractivity contribution in [2.45, 2.75) is 25.8 Å². The molecule has 1 aliphatic heterocycles. The van der Waals surface area contributed by atoms with Gasteiger partial charge in [0.2, 0.25) is 0 Å². The van der Waals surface area contributed by atoms with Crippen LogP contribution in [0.3, 0.4) is 0 Å². The van der Waals surface area contributed by atoms with Crippen LogP contribution in [0.4, 0.5) is 0 Å². The lowest BCUT2D eigenvalue weighted by atomic mass is 9.91. The summed E-state index contributed by atoms with van der Waals surface area (Å²) in [5.41, 5.74) is 0.415. The summed E-state index contributed by atoms with van der Waals surface area (Å²) in [5.74, 6) is -1.23. The second-order valence-corrected chi connectivity index (χ2v) is 4.83. The molecule has 0 aromatic carbocycles. The van der Waals surface area contributed by atoms with Crippen molar-refractivity contribution in [2.75, 3.05) is 6.54 Å². The Kier molecular flexibility index (Phi) is 3.36. The molecule has 1 aromatic heterocycles. The predicted molar refractivity (Wildman–Crippen MR) is 64.1 cm³/mol. The monoisotopic (exact) mass is 251 g/mol. The van der Waals surface area contributed by atoms with Crippen LogP contribution in [0, 0.1) is 5.92 Å². The molecule has 18 heavy (non-hydrogen) atoms. The maximum absolute atomic E-state index is 12.2. The Morgan fingerprint density at radius 2 is 2.22 bits per heavy atom. The summed E-state index contributed by atoms with van der Waals surface area (Å²) in [5, 5.41) is 8.98. The highest BCUT2D eigenvalue weighted by Crippen LogP contribution is 2.24. The third-order valence-electron chi connectivity index (χ3n) is 3.41. The van der Waals surface area contributed by atoms with Gasteiger partial charge in [-0.2, -0.15) is 0 Å². The highest BCUT2D eigenvalue weighted by atomic mass is 16.4. The number of hydrogen-bond acceptors (Lipinski definition) is 3. The normalized spacial score (nSPS) is 24.0. The van der Waals surface area contributed by atoms with E-state index in [1.54, 1.807) is 22.0 Å². The van der Waals surface area contributed by atoms with Crippen LogP contribution in [0.2, 0.25) is 0 Å². The van der Waals surface area contributed by atoms with Gasteiger partial charge < -0.3 is 14.6 Å². The van der Waals surface area contributed by atoms with Gasteiger partial charge in [0.05, 0.1) is 12.2 Å². The molecule has 1 aliphatic rings. The molecule has 0 aliphatic carbocycles. The Bertz CT molecular complexity index is 469. The minimum Gasteiger partial charge on any atom is -0.481 e. The van der Waals surface area contributed by atoms with E-state index in [4.69, 9.17) is 5.11 Å². The van der Waals surface area contributed by atoms with E-state index in [1.807, 2.05) is 14.0 Å². The highest BCUT2D eigenvalue weighted by molar-refractivity contribution is 5.92. The minimum atomic E-state index is -0.771. The van der Waals surface area contributed by atoms with Crippen LogP contribution < -0.4 is 0 Å². The van der Waals surface area contributed by atoms with E-state index in [0.717, 1.165) is 0 Å². The van der Waals surface area contributed by atoms with E-state index in [-0.39, 0.29) is 17.9 Å². The van der Waals surface area contributed by atoms with Crippen molar-refractivity contribution in [1.29, 1.82) is 0 Å². The van der Waals surface area contributed by atoms with Gasteiger partial charge in [0, 0.05) is 25.8 Å². The first kappa shape index (κ1) is 12.6. The first-order valence-electron chi connectivity index (χ1n) is 6.00. The van der Waals surface area contributed by atoms with Gasteiger partial charge >= 0.3 is 5.97 Å². The molecule has 6 nitrogen and oxygen atoms in total. The molecule has 0 saturated carbocycles. The number of rotatable bonds is 2. The van der Waals surface area contributed by atoms with Gasteiger partial charge in [-0.05, 0) is 19.8 Å². The molecule has 1 fully saturated rings. The van der Waals surface area contributed by atoms with E-state index in [1.165, 1.54) is 0 Å². The summed E-state index contributed by atoms with van der Waals surface area (Å²) in [6, 6.07) is -0.0608. The van der Waals surface area contributed by atoms with Gasteiger partial charge in [-0.3, -0.25) is 9.59 Å². The van der Waals surface area contributed by atoms with Crippen LogP contribution in [0.15, 0.2) is 12.5 Å². The van der Waals surface area contributed by atoms with Crippen molar-refractivity contribution in [3.63, 3.8) is 0 Å². The van der Waals surface area contributed by atoms with Gasteiger partial charge in [0.15, 0.2) is 0 Å². The minimum absolute atomic E-state index is 0.0608. The molecule has 2 atom stereocenters. The predicted octanol–water partition coefficient (Wildman–Crippen LogP) is 0.745. The maximum atomic E-state index is 12.2. The third-order valence-corrected chi connectivity index (χ3v) is 3.41. The lowest BCUT2D eigenvalue weighted by molar-refractivity contribution is -0.143. The number of carbonyl (C=O) groups excluding carboxylic acids is 1. The van der Waals surface area contributed by atoms with Crippen molar-refractivity contribution >= 4 is 11.9 Å². The number of nitrogens with zero attached hydrogens (tertiary/aromatic N) is 3. The standard InChI is InChI=1S/C12H17N3O3/c1-8-5-9(12(17)18)3-4-15(8)11(16)10-6-14(2)7-13-10/h6-9H,3-5H2,1-2H3,(H,17,18). The highest BCUT2D eigenvalue weighted by Gasteiger charge is 2.33. The van der Waals surface area contributed by atoms with Crippen LogP contribution in [0.25, 0.3) is 0 Å². The van der Waals surface area contributed by atoms with E-state index in [9.17, 15) is 9.59 Å². The quantitative estimate of drug-likeness (QED) is 0.841. The van der Waals surface area contributed by atoms with Gasteiger partial charge in [-0.15, -0.1) is 0 Å². The molecule has 1 saturated heterocycles. The Morgan fingerprint density at radius 1 is 1.50 bits per heavy atom. The van der Waals surface area contributed by atoms with Gasteiger partial charge in [-0.1, -0.05) is 0 Å². The van der Waals surface area contributed by atoms with Crippen molar-refractivity contribution in [3.05, 3.63) is 18.2 Å². The van der Waals surface area contributed by atoms with Crippen LogP contribution in [0.5, 0.6) is 0 Å². The summed E-state index contributed by atoms with van der Waals surface area (Å²) in [4.78, 5) is 28.9. The molecule has 98 valence electrons. The molecule has 1 aromatic rings. The molecule has 6 heteroatoms. The number of likely N-dealkylation sites (tertiary alicyclic amines) is 1. The SMILES string of the molecule is CC1CC(C(=O)O)CCN1C(=O)c1cn(C)cn1. The average molecular weight is 251 g/mol. The van der Waals surface area contributed by atoms with Crippen molar-refractivity contribution in [2.24, 2.45) is 13.0 Å². The fraction of sp³-hybridized carbons (Fsp3) is 0.583. The van der Waals surface area contributed by atoms with Gasteiger partial charge in [-0.25, -0.2) is 4.98 Å². The number of carbonyl (C=O) groups is 2. The molecule has 0 radical (unpaired) electrons. The molecule has 2 heterocycles. The zero-order chi connectivity index (χ0) is 13.3. The second-order valence-electron chi connectivity index (χ2n) is 4.83. The lowest BCUT2D eigenvalue weighted by Crippen LogP contribution is -2.46. The van der Waals surface area contributed by atoms with E-state index in [2.05, 4.69) is 4.98 Å². The topological polar surface area (TPSA) is 75.4 Å². The van der Waals surface area contributed by atoms with Crippen molar-refractivity contribution in [1.82, 2.24) is 14.5 Å². The second kappa shape index (κ2) is 4.80. The summed E-state index contributed by atoms with van der Waals surface area (Å²) in [7, 11) is 1.81. The number of carboxylic acids is 1. The van der Waals surface area contributed by atoms with Crippen LogP contribution in [-0.2, 0) is 11.8 Å². The van der Waals surface area contributed by atoms with Crippen LogP contribution in [-0.4, -0.2) is 44.0 Å². The summed E-state index contributed by atoms with van der Waals surface area (Å²) in [6.07, 6.45) is 4.28. The lowest BCUT2D eigenvalue weighted by Gasteiger charge is -2.35. The molecular weight excluding hydrogens is 234 g/mol. The average Bonchev–Trinajstić information content (AvgIpc) is 2.74. The Balaban J connectivity index is 2.07. The fourth-order valence-electron chi connectivity index (χ4n) is 2.37. The number of amides is 1. The third kappa shape index (κ3) is 2.37. The number of aliphatic carboxylic acids is 1. The molecule has 2 unspecified atom stereocenters. The Morgan fingerprint density at radius 3 is 2.72 bits per heavy atom. The number of aryl methyl sites for hydroxylation is 1. The Hall–Kier alpha value is -1.85. The number of carboxylic acid groups (broad SMARTS) is 1. The van der Waals surface area contributed by atoms with E-state index >= 15 is 0 Å². The van der Waals surface area contributed by atoms with E-state index < -0.39 is 5.97 Å². The molecular formula is C12H17N3O3. The number of piperidine rings is 1. The number of imidazole rings is 1. The van der Waals surface area contributed by atoms with Gasteiger partial charge in [0.1, 0.15) is 5.69 Å². The first-order valence-corrected chi connectivity index (χ1v) is 6.00. The van der Waals surface area contributed by atoms with Gasteiger partial charge in [0.25, 0.3) is 5.91 Å². The maximum Gasteiger partial charge on any atom is 0.306 e. The van der Waals surface area contributed by atoms with Crippen LogP contribution >= 0.6 is 0 Å². The Labute approximate surface area is 105 Å². The molecule has 0 bridgehead atoms. The van der Waals surface area contributed by atoms with Crippen molar-refractivity contribution < 1.29 is 14.7 Å². The number of hydrogen-bond donors (Lipinski definition) is 1. The van der Waals surface area contributed by atoms with Crippen LogP contribution in [0.1, 0.15) is 30.3 Å². The summed E-state index contributed by atoms with van der Waals surface area (Å²) < 4.78 is 1.72. The van der Waals surface area contributed by atoms with Crippen molar-refractivity contribution in [3.8, 4) is 0 Å². The summed E-state index contributed by atoms with van der Waals surface area (Å²) >= 11 is 0. The number of aromatic nitrogens is 2.